The average Bonchev–Trinajstić information content (AvgIpc) is 2.45. The molecule has 0 aromatic carbocycles. The normalized spacial score (nSPS) is 1.27. The van der Waals surface area contributed by atoms with Gasteiger partial charge in [-0.15, -0.1) is 0 Å². The van der Waals surface area contributed by atoms with Crippen molar-refractivity contribution in [3.05, 3.63) is 39.4 Å². The zero-order valence-electron chi connectivity index (χ0n) is 6.64. The molecule has 0 rings (SSSR count). The second-order valence-corrected chi connectivity index (χ2v) is 0. The Hall–Kier alpha value is -1.50. The third-order valence-corrected chi connectivity index (χ3v) is 0. The Morgan fingerprint density at radius 1 is 0.467 bits per heavy atom. The second-order valence-electron chi connectivity index (χ2n) is 0. The van der Waals surface area contributed by atoms with Gasteiger partial charge in [-0.2, -0.15) is 0 Å². The van der Waals surface area contributed by atoms with Crippen LogP contribution in [0, 0.1) is 71.0 Å². The minimum atomic E-state index is 0. The molecule has 0 unspecified atom stereocenters. The van der Waals surface area contributed by atoms with Crippen LogP contribution in [0.1, 0.15) is 0 Å². The summed E-state index contributed by atoms with van der Waals surface area (Å²) in [7, 11) is 0. The third-order valence-electron chi connectivity index (χ3n) is 0. The molecule has 0 saturated carbocycles. The van der Waals surface area contributed by atoms with Crippen LogP contribution in [-0.2, 0) is 44.4 Å². The van der Waals surface area contributed by atoms with Gasteiger partial charge in [0, 0.05) is 0 Å². The fourth-order valence-corrected chi connectivity index (χ4v) is 0. The Kier molecular flexibility index (Phi) is 3410. The zero-order valence-corrected chi connectivity index (χ0v) is 9.63. The van der Waals surface area contributed by atoms with E-state index in [1.54, 1.807) is 0 Å². The van der Waals surface area contributed by atoms with E-state index in [0.29, 0.717) is 0 Å². The predicted octanol–water partition coefficient (Wildman–Crippen LogP) is 0.571. The molecule has 0 fully saturated rings. The molecule has 0 aliphatic rings. The van der Waals surface area contributed by atoms with Gasteiger partial charge < -0.3 is 71.0 Å². The van der Waals surface area contributed by atoms with Gasteiger partial charge in [-0.05, 0) is 0 Å². The fraction of sp³-hybridized carbons (Fsp3) is 0. The SMILES string of the molecule is [C-]#N.[C-]#N.[C-]#N.[C-]#N.[C-]#N.[C-]#N.[Cu+2].[Fe]=[Cu]. The van der Waals surface area contributed by atoms with Crippen LogP contribution >= 0.6 is 0 Å². The molecule has 0 atom stereocenters. The van der Waals surface area contributed by atoms with Crippen LogP contribution in [0.25, 0.3) is 0 Å². The molecule has 0 aromatic rings. The summed E-state index contributed by atoms with van der Waals surface area (Å²) in [6.07, 6.45) is 0. The molecule has 0 saturated heterocycles. The van der Waals surface area contributed by atoms with E-state index >= 15 is 0 Å². The summed E-state index contributed by atoms with van der Waals surface area (Å²) in [5, 5.41) is 37.5. The van der Waals surface area contributed by atoms with Crippen molar-refractivity contribution >= 4 is 0 Å². The van der Waals surface area contributed by atoms with Crippen LogP contribution in [0.3, 0.4) is 0 Å². The van der Waals surface area contributed by atoms with Gasteiger partial charge in [0.2, 0.25) is 0 Å². The summed E-state index contributed by atoms with van der Waals surface area (Å²) in [4.78, 5) is 0. The van der Waals surface area contributed by atoms with Crippen molar-refractivity contribution in [1.29, 1.82) is 31.6 Å². The molecule has 0 amide bonds. The Bertz CT molecular complexity index is 112. The van der Waals surface area contributed by atoms with Crippen molar-refractivity contribution in [2.24, 2.45) is 0 Å². The van der Waals surface area contributed by atoms with Gasteiger partial charge in [0.1, 0.15) is 0 Å². The fourth-order valence-electron chi connectivity index (χ4n) is 0. The molecule has 1 radical (unpaired) electrons. The number of rotatable bonds is 0. The molecular formula is C6Cu2FeN6-4. The maximum atomic E-state index is 6.25. The summed E-state index contributed by atoms with van der Waals surface area (Å²) in [5.41, 5.74) is 0. The van der Waals surface area contributed by atoms with Crippen LogP contribution in [0.4, 0.5) is 0 Å². The van der Waals surface area contributed by atoms with Gasteiger partial charge in [0.15, 0.2) is 0 Å². The van der Waals surface area contributed by atoms with Gasteiger partial charge in [0.05, 0.1) is 0 Å². The van der Waals surface area contributed by atoms with Crippen LogP contribution in [-0.4, -0.2) is 0 Å². The van der Waals surface area contributed by atoms with Crippen molar-refractivity contribution < 1.29 is 44.4 Å². The summed E-state index contributed by atoms with van der Waals surface area (Å²) in [6, 6.07) is 0. The zero-order chi connectivity index (χ0) is 14.0. The molecule has 0 bridgehead atoms. The number of nitrogens with zero attached hydrogens (tertiary/aromatic N) is 6. The molecule has 0 N–H and O–H groups in total. The second kappa shape index (κ2) is 733. The first-order chi connectivity index (χ1) is 7.00. The molecule has 0 aromatic heterocycles. The molecular weight excluding hydrogens is 339 g/mol. The van der Waals surface area contributed by atoms with Crippen molar-refractivity contribution in [3.8, 4) is 0 Å². The molecule has 15 heavy (non-hydrogen) atoms. The average molecular weight is 339 g/mol. The van der Waals surface area contributed by atoms with Crippen molar-refractivity contribution in [1.82, 2.24) is 0 Å². The molecule has 88 valence electrons. The summed E-state index contributed by atoms with van der Waals surface area (Å²) in [5.74, 6) is 0. The standard InChI is InChI=1S/6CN.2Cu.Fe/c6*1-2;;;/q6*-1;;+2;. The third kappa shape index (κ3) is 611. The Morgan fingerprint density at radius 3 is 0.467 bits per heavy atom. The van der Waals surface area contributed by atoms with E-state index in [1.807, 2.05) is 0 Å². The summed E-state index contributed by atoms with van der Waals surface area (Å²) in [6.45, 7) is 28.5. The maximum absolute atomic E-state index is 6.25. The van der Waals surface area contributed by atoms with Crippen LogP contribution in [0.5, 0.6) is 0 Å². The van der Waals surface area contributed by atoms with E-state index in [4.69, 9.17) is 71.0 Å². The van der Waals surface area contributed by atoms with Crippen molar-refractivity contribution in [2.75, 3.05) is 0 Å². The first-order valence-corrected chi connectivity index (χ1v) is 3.15. The van der Waals surface area contributed by atoms with E-state index in [2.05, 4.69) is 27.3 Å². The first kappa shape index (κ1) is 69.7. The van der Waals surface area contributed by atoms with Crippen LogP contribution in [0.15, 0.2) is 0 Å². The van der Waals surface area contributed by atoms with E-state index < -0.39 is 0 Å². The van der Waals surface area contributed by atoms with E-state index in [0.717, 1.165) is 0 Å². The van der Waals surface area contributed by atoms with Crippen molar-refractivity contribution in [2.45, 2.75) is 0 Å². The monoisotopic (exact) mass is 338 g/mol. The van der Waals surface area contributed by atoms with E-state index in [9.17, 15) is 0 Å². The van der Waals surface area contributed by atoms with Gasteiger partial charge in [-0.3, -0.25) is 0 Å². The van der Waals surface area contributed by atoms with Gasteiger partial charge in [-0.25, -0.2) is 0 Å². The number of hydrogen-bond acceptors (Lipinski definition) is 6. The minimum absolute atomic E-state index is 0. The van der Waals surface area contributed by atoms with Crippen LogP contribution < -0.4 is 0 Å². The molecule has 9 heteroatoms. The Morgan fingerprint density at radius 2 is 0.467 bits per heavy atom. The molecule has 0 heterocycles. The first-order valence-electron chi connectivity index (χ1n) is 1.45. The Labute approximate surface area is 115 Å². The Balaban J connectivity index is -0.00000000628. The van der Waals surface area contributed by atoms with Gasteiger partial charge >= 0.3 is 44.4 Å². The summed E-state index contributed by atoms with van der Waals surface area (Å²) < 4.78 is 0. The molecule has 0 spiro atoms. The van der Waals surface area contributed by atoms with Crippen LogP contribution in [0.2, 0.25) is 0 Å². The molecule has 0 aliphatic carbocycles. The summed E-state index contributed by atoms with van der Waals surface area (Å²) >= 11 is 6.75. The van der Waals surface area contributed by atoms with E-state index in [1.165, 1.54) is 0 Å². The molecule has 6 nitrogen and oxygen atoms in total. The van der Waals surface area contributed by atoms with E-state index in [-0.39, 0.29) is 17.1 Å². The molecule has 0 aliphatic heterocycles. The van der Waals surface area contributed by atoms with Gasteiger partial charge in [0.25, 0.3) is 0 Å². The number of hydrogen-bond donors (Lipinski definition) is 0. The van der Waals surface area contributed by atoms with Gasteiger partial charge in [-0.1, -0.05) is 0 Å². The predicted molar refractivity (Wildman–Crippen MR) is 29.8 cm³/mol. The quantitative estimate of drug-likeness (QED) is 0.466. The topological polar surface area (TPSA) is 143 Å². The van der Waals surface area contributed by atoms with Crippen molar-refractivity contribution in [3.63, 3.8) is 0 Å².